The Hall–Kier alpha value is -0.610. The summed E-state index contributed by atoms with van der Waals surface area (Å²) in [7, 11) is 0. The van der Waals surface area contributed by atoms with E-state index >= 15 is 0 Å². The molecule has 1 amide bonds. The van der Waals surface area contributed by atoms with Crippen molar-refractivity contribution in [3.63, 3.8) is 0 Å². The Kier molecular flexibility index (Phi) is 5.66. The molecule has 0 unspecified atom stereocenters. The van der Waals surface area contributed by atoms with Crippen LogP contribution in [0, 0.1) is 0 Å². The molecule has 3 N–H and O–H groups in total. The molecule has 0 bridgehead atoms. The second-order valence-corrected chi connectivity index (χ2v) is 3.89. The maximum absolute atomic E-state index is 11.1. The predicted molar refractivity (Wildman–Crippen MR) is 52.4 cm³/mol. The van der Waals surface area contributed by atoms with Crippen molar-refractivity contribution in [1.82, 2.24) is 5.32 Å². The molecule has 0 aliphatic carbocycles. The summed E-state index contributed by atoms with van der Waals surface area (Å²) in [5.41, 5.74) is 5.02. The van der Waals surface area contributed by atoms with Crippen LogP contribution in [0.25, 0.3) is 0 Å². The highest BCUT2D eigenvalue weighted by atomic mass is 16.5. The Morgan fingerprint density at radius 1 is 1.46 bits per heavy atom. The van der Waals surface area contributed by atoms with Crippen LogP contribution < -0.4 is 11.1 Å². The minimum absolute atomic E-state index is 0.0802. The number of amides is 1. The van der Waals surface area contributed by atoms with Gasteiger partial charge in [0.1, 0.15) is 6.61 Å². The Morgan fingerprint density at radius 2 is 2.08 bits per heavy atom. The molecule has 0 aromatic heterocycles. The Morgan fingerprint density at radius 3 is 2.54 bits per heavy atom. The highest BCUT2D eigenvalue weighted by Crippen LogP contribution is 2.05. The van der Waals surface area contributed by atoms with E-state index in [1.54, 1.807) is 0 Å². The number of carbonyl (C=O) groups is 1. The molecule has 0 aromatic carbocycles. The highest BCUT2D eigenvalue weighted by Gasteiger charge is 2.12. The molecule has 0 aromatic rings. The number of rotatable bonds is 5. The first kappa shape index (κ1) is 12.4. The molecule has 4 heteroatoms. The van der Waals surface area contributed by atoms with Crippen LogP contribution >= 0.6 is 0 Å². The molecule has 0 radical (unpaired) electrons. The fraction of sp³-hybridized carbons (Fsp3) is 0.889. The fourth-order valence-corrected chi connectivity index (χ4v) is 0.663. The van der Waals surface area contributed by atoms with Crippen molar-refractivity contribution >= 4 is 5.91 Å². The molecule has 0 aliphatic rings. The van der Waals surface area contributed by atoms with Crippen molar-refractivity contribution in [3.05, 3.63) is 0 Å². The summed E-state index contributed by atoms with van der Waals surface area (Å²) in [5.74, 6) is -0.0802. The van der Waals surface area contributed by atoms with Gasteiger partial charge in [0.15, 0.2) is 0 Å². The first-order valence-electron chi connectivity index (χ1n) is 4.56. The van der Waals surface area contributed by atoms with Crippen LogP contribution in [0.5, 0.6) is 0 Å². The first-order chi connectivity index (χ1) is 5.95. The van der Waals surface area contributed by atoms with Gasteiger partial charge < -0.3 is 15.8 Å². The van der Waals surface area contributed by atoms with Gasteiger partial charge in [0.25, 0.3) is 0 Å². The largest absolute Gasteiger partial charge is 0.366 e. The molecule has 13 heavy (non-hydrogen) atoms. The van der Waals surface area contributed by atoms with E-state index in [0.717, 1.165) is 6.42 Å². The topological polar surface area (TPSA) is 64.3 Å². The fourth-order valence-electron chi connectivity index (χ4n) is 0.663. The van der Waals surface area contributed by atoms with Gasteiger partial charge >= 0.3 is 0 Å². The van der Waals surface area contributed by atoms with E-state index in [0.29, 0.717) is 13.1 Å². The number of ether oxygens (including phenoxy) is 1. The Bertz CT molecular complexity index is 152. The van der Waals surface area contributed by atoms with E-state index in [1.807, 2.05) is 20.8 Å². The Balaban J connectivity index is 3.41. The average molecular weight is 188 g/mol. The van der Waals surface area contributed by atoms with E-state index < -0.39 is 0 Å². The van der Waals surface area contributed by atoms with Crippen LogP contribution in [-0.4, -0.2) is 31.2 Å². The molecule has 0 saturated carbocycles. The molecule has 78 valence electrons. The van der Waals surface area contributed by atoms with E-state index in [9.17, 15) is 4.79 Å². The second kappa shape index (κ2) is 5.94. The molecule has 0 rings (SSSR count). The zero-order valence-electron chi connectivity index (χ0n) is 8.72. The standard InChI is InChI=1S/C9H20N2O2/c1-9(2,3)13-7-8(12)11-6-4-5-10/h4-7,10H2,1-3H3,(H,11,12). The maximum Gasteiger partial charge on any atom is 0.246 e. The van der Waals surface area contributed by atoms with Crippen molar-refractivity contribution in [2.24, 2.45) is 5.73 Å². The van der Waals surface area contributed by atoms with E-state index in [2.05, 4.69) is 5.32 Å². The number of nitrogens with one attached hydrogen (secondary N) is 1. The lowest BCUT2D eigenvalue weighted by molar-refractivity contribution is -0.130. The lowest BCUT2D eigenvalue weighted by Crippen LogP contribution is -2.33. The molecule has 4 nitrogen and oxygen atoms in total. The number of hydrogen-bond acceptors (Lipinski definition) is 3. The van der Waals surface area contributed by atoms with Gasteiger partial charge in [-0.25, -0.2) is 0 Å². The van der Waals surface area contributed by atoms with E-state index in [1.165, 1.54) is 0 Å². The minimum atomic E-state index is -0.259. The van der Waals surface area contributed by atoms with Crippen molar-refractivity contribution in [2.45, 2.75) is 32.8 Å². The van der Waals surface area contributed by atoms with Gasteiger partial charge in [-0.3, -0.25) is 4.79 Å². The van der Waals surface area contributed by atoms with Gasteiger partial charge in [-0.1, -0.05) is 0 Å². The molecule has 0 heterocycles. The van der Waals surface area contributed by atoms with Crippen molar-refractivity contribution in [2.75, 3.05) is 19.7 Å². The third-order valence-corrected chi connectivity index (χ3v) is 1.34. The van der Waals surface area contributed by atoms with Crippen LogP contribution in [0.2, 0.25) is 0 Å². The highest BCUT2D eigenvalue weighted by molar-refractivity contribution is 5.77. The molecular formula is C9H20N2O2. The summed E-state index contributed by atoms with van der Waals surface area (Å²) < 4.78 is 5.28. The van der Waals surface area contributed by atoms with Gasteiger partial charge in [0.2, 0.25) is 5.91 Å². The molecule has 0 saturated heterocycles. The predicted octanol–water partition coefficient (Wildman–Crippen LogP) is 0.267. The molecule has 0 aliphatic heterocycles. The zero-order chi connectivity index (χ0) is 10.3. The lowest BCUT2D eigenvalue weighted by Gasteiger charge is -2.18. The minimum Gasteiger partial charge on any atom is -0.366 e. The monoisotopic (exact) mass is 188 g/mol. The summed E-state index contributed by atoms with van der Waals surface area (Å²) >= 11 is 0. The van der Waals surface area contributed by atoms with Crippen molar-refractivity contribution < 1.29 is 9.53 Å². The SMILES string of the molecule is CC(C)(C)OCC(=O)NCCCN. The second-order valence-electron chi connectivity index (χ2n) is 3.89. The van der Waals surface area contributed by atoms with E-state index in [-0.39, 0.29) is 18.1 Å². The van der Waals surface area contributed by atoms with Gasteiger partial charge in [-0.15, -0.1) is 0 Å². The number of nitrogens with two attached hydrogens (primary N) is 1. The molecule has 0 fully saturated rings. The molecule has 0 spiro atoms. The van der Waals surface area contributed by atoms with Gasteiger partial charge in [0, 0.05) is 6.54 Å². The van der Waals surface area contributed by atoms with Gasteiger partial charge in [0.05, 0.1) is 5.60 Å². The first-order valence-corrected chi connectivity index (χ1v) is 4.56. The average Bonchev–Trinajstić information content (AvgIpc) is 2.00. The van der Waals surface area contributed by atoms with Crippen LogP contribution in [0.1, 0.15) is 27.2 Å². The van der Waals surface area contributed by atoms with E-state index in [4.69, 9.17) is 10.5 Å². The van der Waals surface area contributed by atoms with Crippen LogP contribution in [0.3, 0.4) is 0 Å². The molecule has 0 atom stereocenters. The number of carbonyl (C=O) groups excluding carboxylic acids is 1. The Labute approximate surface area is 79.8 Å². The molecular weight excluding hydrogens is 168 g/mol. The third kappa shape index (κ3) is 9.30. The summed E-state index contributed by atoms with van der Waals surface area (Å²) in [6.07, 6.45) is 0.807. The van der Waals surface area contributed by atoms with Crippen molar-refractivity contribution in [1.29, 1.82) is 0 Å². The van der Waals surface area contributed by atoms with Crippen LogP contribution in [-0.2, 0) is 9.53 Å². The maximum atomic E-state index is 11.1. The van der Waals surface area contributed by atoms with Crippen LogP contribution in [0.4, 0.5) is 0 Å². The third-order valence-electron chi connectivity index (χ3n) is 1.34. The summed E-state index contributed by atoms with van der Waals surface area (Å²) in [6, 6.07) is 0. The quantitative estimate of drug-likeness (QED) is 0.608. The smallest absolute Gasteiger partial charge is 0.246 e. The zero-order valence-corrected chi connectivity index (χ0v) is 8.72. The van der Waals surface area contributed by atoms with Crippen LogP contribution in [0.15, 0.2) is 0 Å². The summed E-state index contributed by atoms with van der Waals surface area (Å²) in [4.78, 5) is 11.1. The van der Waals surface area contributed by atoms with Gasteiger partial charge in [-0.2, -0.15) is 0 Å². The summed E-state index contributed by atoms with van der Waals surface area (Å²) in [5, 5.41) is 2.71. The van der Waals surface area contributed by atoms with Crippen molar-refractivity contribution in [3.8, 4) is 0 Å². The lowest BCUT2D eigenvalue weighted by atomic mass is 10.2. The number of hydrogen-bond donors (Lipinski definition) is 2. The van der Waals surface area contributed by atoms with Gasteiger partial charge in [-0.05, 0) is 33.7 Å². The normalized spacial score (nSPS) is 11.4. The summed E-state index contributed by atoms with van der Waals surface area (Å²) in [6.45, 7) is 7.10.